The van der Waals surface area contributed by atoms with Crippen LogP contribution in [0.1, 0.15) is 323 Å². The zero-order valence-electron chi connectivity index (χ0n) is 47.9. The minimum Gasteiger partial charge on any atom is -0.462 e. The maximum absolute atomic E-state index is 12.9. The normalized spacial score (nSPS) is 12.4. The average Bonchev–Trinajstić information content (AvgIpc) is 3.38. The van der Waals surface area contributed by atoms with Crippen LogP contribution in [-0.2, 0) is 28.6 Å². The van der Waals surface area contributed by atoms with Crippen molar-refractivity contribution in [3.8, 4) is 0 Å². The molecule has 0 aliphatic heterocycles. The molecule has 0 aromatic heterocycles. The minimum absolute atomic E-state index is 0.0725. The molecule has 0 bridgehead atoms. The van der Waals surface area contributed by atoms with Gasteiger partial charge in [0, 0.05) is 19.3 Å². The van der Waals surface area contributed by atoms with Gasteiger partial charge in [0.2, 0.25) is 0 Å². The third-order valence-corrected chi connectivity index (χ3v) is 13.8. The lowest BCUT2D eigenvalue weighted by Crippen LogP contribution is -2.30. The first kappa shape index (κ1) is 69.1. The van der Waals surface area contributed by atoms with E-state index < -0.39 is 6.10 Å². The highest BCUT2D eigenvalue weighted by atomic mass is 16.6. The SMILES string of the molecule is CC/C=C\C/C=C\C/C=C\C/C=C\CCCCCCCCCCCCCCC(=O)OCC(COC(=O)CCCCCCCCCCCCC)OC(=O)CCCCCCCCC/C=C\CCCCCCCCC. The van der Waals surface area contributed by atoms with Crippen molar-refractivity contribution in [3.05, 3.63) is 60.8 Å². The van der Waals surface area contributed by atoms with E-state index in [4.69, 9.17) is 14.2 Å². The maximum Gasteiger partial charge on any atom is 0.306 e. The highest BCUT2D eigenvalue weighted by Crippen LogP contribution is 2.17. The highest BCUT2D eigenvalue weighted by Gasteiger charge is 2.19. The molecule has 0 N–H and O–H groups in total. The van der Waals surface area contributed by atoms with E-state index in [-0.39, 0.29) is 31.1 Å². The van der Waals surface area contributed by atoms with Crippen LogP contribution in [-0.4, -0.2) is 37.2 Å². The monoisotopic (exact) mass is 1010 g/mol. The predicted molar refractivity (Wildman–Crippen MR) is 312 cm³/mol. The Labute approximate surface area is 447 Å². The van der Waals surface area contributed by atoms with Gasteiger partial charge < -0.3 is 14.2 Å². The molecule has 0 saturated carbocycles. The molecule has 0 heterocycles. The van der Waals surface area contributed by atoms with E-state index in [1.807, 2.05) is 0 Å². The summed E-state index contributed by atoms with van der Waals surface area (Å²) in [6.07, 6.45) is 76.5. The number of ether oxygens (including phenoxy) is 3. The van der Waals surface area contributed by atoms with Crippen molar-refractivity contribution in [2.45, 2.75) is 329 Å². The topological polar surface area (TPSA) is 78.9 Å². The molecule has 0 aromatic rings. The lowest BCUT2D eigenvalue weighted by atomic mass is 10.0. The number of carbonyl (C=O) groups is 3. The summed E-state index contributed by atoms with van der Waals surface area (Å²) >= 11 is 0. The van der Waals surface area contributed by atoms with Gasteiger partial charge in [-0.25, -0.2) is 0 Å². The number of allylic oxidation sites excluding steroid dienone is 10. The van der Waals surface area contributed by atoms with Crippen LogP contribution in [0.4, 0.5) is 0 Å². The molecule has 0 fully saturated rings. The lowest BCUT2D eigenvalue weighted by Gasteiger charge is -2.18. The molecule has 0 amide bonds. The molecule has 72 heavy (non-hydrogen) atoms. The summed E-state index contributed by atoms with van der Waals surface area (Å²) in [5.74, 6) is -0.863. The van der Waals surface area contributed by atoms with E-state index in [0.717, 1.165) is 83.5 Å². The van der Waals surface area contributed by atoms with Crippen molar-refractivity contribution in [3.63, 3.8) is 0 Å². The van der Waals surface area contributed by atoms with Crippen molar-refractivity contribution in [2.24, 2.45) is 0 Å². The van der Waals surface area contributed by atoms with Gasteiger partial charge in [-0.2, -0.15) is 0 Å². The number of esters is 3. The molecule has 418 valence electrons. The summed E-state index contributed by atoms with van der Waals surface area (Å²) in [5.41, 5.74) is 0. The highest BCUT2D eigenvalue weighted by molar-refractivity contribution is 5.71. The smallest absolute Gasteiger partial charge is 0.306 e. The van der Waals surface area contributed by atoms with Crippen LogP contribution in [0.15, 0.2) is 60.8 Å². The first-order valence-electron chi connectivity index (χ1n) is 31.3. The van der Waals surface area contributed by atoms with Gasteiger partial charge in [-0.3, -0.25) is 14.4 Å². The van der Waals surface area contributed by atoms with Gasteiger partial charge in [-0.05, 0) is 83.5 Å². The predicted octanol–water partition coefficient (Wildman–Crippen LogP) is 21.2. The molecule has 0 spiro atoms. The van der Waals surface area contributed by atoms with Crippen LogP contribution >= 0.6 is 0 Å². The fraction of sp³-hybridized carbons (Fsp3) is 0.803. The molecule has 6 nitrogen and oxygen atoms in total. The fourth-order valence-electron chi connectivity index (χ4n) is 9.08. The van der Waals surface area contributed by atoms with Crippen LogP contribution in [0.2, 0.25) is 0 Å². The molecule has 1 atom stereocenters. The van der Waals surface area contributed by atoms with E-state index in [9.17, 15) is 14.4 Å². The number of carbonyl (C=O) groups excluding carboxylic acids is 3. The van der Waals surface area contributed by atoms with Crippen LogP contribution in [0, 0.1) is 0 Å². The molecule has 0 aliphatic carbocycles. The van der Waals surface area contributed by atoms with Gasteiger partial charge in [-0.1, -0.05) is 281 Å². The Morgan fingerprint density at radius 2 is 0.542 bits per heavy atom. The largest absolute Gasteiger partial charge is 0.462 e. The lowest BCUT2D eigenvalue weighted by molar-refractivity contribution is -0.167. The number of hydrogen-bond donors (Lipinski definition) is 0. The van der Waals surface area contributed by atoms with E-state index in [1.165, 1.54) is 199 Å². The zero-order valence-corrected chi connectivity index (χ0v) is 47.9. The Morgan fingerprint density at radius 3 is 0.861 bits per heavy atom. The van der Waals surface area contributed by atoms with Crippen LogP contribution in [0.25, 0.3) is 0 Å². The second-order valence-corrected chi connectivity index (χ2v) is 20.9. The van der Waals surface area contributed by atoms with Gasteiger partial charge >= 0.3 is 17.9 Å². The van der Waals surface area contributed by atoms with Crippen molar-refractivity contribution >= 4 is 17.9 Å². The molecule has 0 rings (SSSR count). The Bertz CT molecular complexity index is 1290. The van der Waals surface area contributed by atoms with Crippen molar-refractivity contribution < 1.29 is 28.6 Å². The third kappa shape index (κ3) is 58.0. The van der Waals surface area contributed by atoms with E-state index in [0.29, 0.717) is 19.3 Å². The number of hydrogen-bond acceptors (Lipinski definition) is 6. The van der Waals surface area contributed by atoms with E-state index in [1.54, 1.807) is 0 Å². The third-order valence-electron chi connectivity index (χ3n) is 13.8. The Kier molecular flexibility index (Phi) is 58.2. The zero-order chi connectivity index (χ0) is 52.2. The van der Waals surface area contributed by atoms with Gasteiger partial charge in [0.05, 0.1) is 0 Å². The summed E-state index contributed by atoms with van der Waals surface area (Å²) < 4.78 is 16.9. The van der Waals surface area contributed by atoms with Crippen molar-refractivity contribution in [2.75, 3.05) is 13.2 Å². The molecule has 0 saturated heterocycles. The first-order chi connectivity index (χ1) is 35.5. The molecular formula is C66H118O6. The molecule has 0 aromatic carbocycles. The summed E-state index contributed by atoms with van der Waals surface area (Å²) in [4.78, 5) is 38.2. The maximum atomic E-state index is 12.9. The Morgan fingerprint density at radius 1 is 0.292 bits per heavy atom. The standard InChI is InChI=1S/C66H118O6/c1-4-7-10-13-16-19-22-24-26-28-30-31-32-33-34-35-36-38-39-41-44-47-50-53-56-59-65(68)71-62-63(61-70-64(67)58-55-52-49-46-43-21-18-15-12-9-6-3)72-66(69)60-57-54-51-48-45-42-40-37-29-27-25-23-20-17-14-11-8-5-2/h7,10,16,19,24,26-27,29-31,63H,4-6,8-9,11-15,17-18,20-23,25,28,32-62H2,1-3H3/b10-7-,19-16-,26-24-,29-27-,31-30-. The van der Waals surface area contributed by atoms with E-state index >= 15 is 0 Å². The summed E-state index contributed by atoms with van der Waals surface area (Å²) in [5, 5.41) is 0. The van der Waals surface area contributed by atoms with Crippen LogP contribution in [0.5, 0.6) is 0 Å². The second kappa shape index (κ2) is 60.7. The minimum atomic E-state index is -0.775. The van der Waals surface area contributed by atoms with Gasteiger partial charge in [0.1, 0.15) is 13.2 Å². The fourth-order valence-corrected chi connectivity index (χ4v) is 9.08. The number of unbranched alkanes of at least 4 members (excludes halogenated alkanes) is 36. The number of rotatable bonds is 57. The first-order valence-corrected chi connectivity index (χ1v) is 31.3. The quantitative estimate of drug-likeness (QED) is 0.0261. The average molecular weight is 1010 g/mol. The van der Waals surface area contributed by atoms with Crippen LogP contribution < -0.4 is 0 Å². The Hall–Kier alpha value is -2.89. The van der Waals surface area contributed by atoms with Gasteiger partial charge in [-0.15, -0.1) is 0 Å². The Balaban J connectivity index is 4.25. The summed E-state index contributed by atoms with van der Waals surface area (Å²) in [7, 11) is 0. The molecule has 6 heteroatoms. The molecule has 0 radical (unpaired) electrons. The summed E-state index contributed by atoms with van der Waals surface area (Å²) in [6.45, 7) is 6.55. The second-order valence-electron chi connectivity index (χ2n) is 20.9. The molecule has 0 aliphatic rings. The van der Waals surface area contributed by atoms with Crippen molar-refractivity contribution in [1.82, 2.24) is 0 Å². The molecule has 1 unspecified atom stereocenters. The van der Waals surface area contributed by atoms with Crippen LogP contribution in [0.3, 0.4) is 0 Å². The van der Waals surface area contributed by atoms with Gasteiger partial charge in [0.15, 0.2) is 6.10 Å². The van der Waals surface area contributed by atoms with Gasteiger partial charge in [0.25, 0.3) is 0 Å². The van der Waals surface area contributed by atoms with E-state index in [2.05, 4.69) is 81.5 Å². The molecular weight excluding hydrogens is 889 g/mol. The van der Waals surface area contributed by atoms with Crippen molar-refractivity contribution in [1.29, 1.82) is 0 Å². The summed E-state index contributed by atoms with van der Waals surface area (Å²) in [6, 6.07) is 0.